The molecule has 2 amide bonds. The van der Waals surface area contributed by atoms with Crippen LogP contribution in [0.3, 0.4) is 0 Å². The summed E-state index contributed by atoms with van der Waals surface area (Å²) in [5.41, 5.74) is -0.729. The second-order valence-corrected chi connectivity index (χ2v) is 6.45. The molecule has 0 aliphatic carbocycles. The number of amides is 2. The molecule has 1 aliphatic rings. The molecule has 4 heteroatoms. The van der Waals surface area contributed by atoms with Gasteiger partial charge in [-0.05, 0) is 26.2 Å². The highest BCUT2D eigenvalue weighted by atomic mass is 16.2. The van der Waals surface area contributed by atoms with Crippen LogP contribution in [0.2, 0.25) is 0 Å². The number of piperazine rings is 1. The van der Waals surface area contributed by atoms with Crippen LogP contribution >= 0.6 is 0 Å². The number of nitrogens with one attached hydrogen (secondary N) is 1. The average molecular weight is 282 g/mol. The van der Waals surface area contributed by atoms with Crippen LogP contribution in [0.15, 0.2) is 0 Å². The standard InChI is InChI=1S/C16H30N2O2/c1-6-8-9-10-11-18-14(19)13(12(3)7-2)17-15(20)16(18,4)5/h12-13H,6-11H2,1-5H3,(H,17,20). The summed E-state index contributed by atoms with van der Waals surface area (Å²) in [4.78, 5) is 26.7. The van der Waals surface area contributed by atoms with E-state index in [2.05, 4.69) is 19.2 Å². The Hall–Kier alpha value is -1.06. The lowest BCUT2D eigenvalue weighted by atomic mass is 9.89. The molecule has 0 aromatic rings. The average Bonchev–Trinajstić information content (AvgIpc) is 2.41. The molecule has 0 saturated carbocycles. The van der Waals surface area contributed by atoms with E-state index in [1.807, 2.05) is 20.8 Å². The van der Waals surface area contributed by atoms with Crippen molar-refractivity contribution in [1.29, 1.82) is 0 Å². The first-order valence-corrected chi connectivity index (χ1v) is 7.98. The van der Waals surface area contributed by atoms with Crippen LogP contribution in [-0.4, -0.2) is 34.8 Å². The highest BCUT2D eigenvalue weighted by Gasteiger charge is 2.46. The van der Waals surface area contributed by atoms with Gasteiger partial charge in [-0.3, -0.25) is 9.59 Å². The number of hydrogen-bond donors (Lipinski definition) is 1. The van der Waals surface area contributed by atoms with Crippen molar-refractivity contribution in [2.75, 3.05) is 6.54 Å². The SMILES string of the molecule is CCCCCCN1C(=O)C(C(C)CC)NC(=O)C1(C)C. The zero-order valence-corrected chi connectivity index (χ0v) is 13.7. The quantitative estimate of drug-likeness (QED) is 0.730. The van der Waals surface area contributed by atoms with Crippen molar-refractivity contribution in [3.8, 4) is 0 Å². The van der Waals surface area contributed by atoms with Gasteiger partial charge in [0.05, 0.1) is 0 Å². The van der Waals surface area contributed by atoms with E-state index in [1.165, 1.54) is 12.8 Å². The van der Waals surface area contributed by atoms with Crippen LogP contribution in [0.1, 0.15) is 66.7 Å². The van der Waals surface area contributed by atoms with Crippen LogP contribution in [-0.2, 0) is 9.59 Å². The highest BCUT2D eigenvalue weighted by Crippen LogP contribution is 2.25. The number of rotatable bonds is 7. The summed E-state index contributed by atoms with van der Waals surface area (Å²) in [7, 11) is 0. The second-order valence-electron chi connectivity index (χ2n) is 6.45. The molecule has 20 heavy (non-hydrogen) atoms. The summed E-state index contributed by atoms with van der Waals surface area (Å²) >= 11 is 0. The smallest absolute Gasteiger partial charge is 0.246 e. The Morgan fingerprint density at radius 1 is 1.20 bits per heavy atom. The molecular weight excluding hydrogens is 252 g/mol. The Labute approximate surface area is 123 Å². The van der Waals surface area contributed by atoms with Crippen LogP contribution < -0.4 is 5.32 Å². The van der Waals surface area contributed by atoms with E-state index in [9.17, 15) is 9.59 Å². The van der Waals surface area contributed by atoms with Crippen LogP contribution in [0, 0.1) is 5.92 Å². The van der Waals surface area contributed by atoms with Gasteiger partial charge >= 0.3 is 0 Å². The maximum Gasteiger partial charge on any atom is 0.246 e. The topological polar surface area (TPSA) is 49.4 Å². The lowest BCUT2D eigenvalue weighted by Crippen LogP contribution is -2.69. The van der Waals surface area contributed by atoms with Gasteiger partial charge in [0, 0.05) is 6.54 Å². The molecule has 1 fully saturated rings. The fourth-order valence-corrected chi connectivity index (χ4v) is 2.65. The molecule has 1 rings (SSSR count). The zero-order valence-electron chi connectivity index (χ0n) is 13.7. The Balaban J connectivity index is 2.79. The highest BCUT2D eigenvalue weighted by molar-refractivity contribution is 5.99. The minimum atomic E-state index is -0.729. The largest absolute Gasteiger partial charge is 0.342 e. The van der Waals surface area contributed by atoms with Crippen LogP contribution in [0.25, 0.3) is 0 Å². The van der Waals surface area contributed by atoms with Crippen molar-refractivity contribution in [2.24, 2.45) is 5.92 Å². The second kappa shape index (κ2) is 7.09. The molecule has 2 atom stereocenters. The summed E-state index contributed by atoms with van der Waals surface area (Å²) < 4.78 is 0. The molecule has 1 aliphatic heterocycles. The summed E-state index contributed by atoms with van der Waals surface area (Å²) in [6, 6.07) is -0.355. The monoisotopic (exact) mass is 282 g/mol. The van der Waals surface area contributed by atoms with Crippen molar-refractivity contribution >= 4 is 11.8 Å². The van der Waals surface area contributed by atoms with Gasteiger partial charge in [0.2, 0.25) is 11.8 Å². The Kier molecular flexibility index (Phi) is 6.03. The summed E-state index contributed by atoms with van der Waals surface area (Å²) in [6.07, 6.45) is 5.34. The molecule has 0 aromatic carbocycles. The summed E-state index contributed by atoms with van der Waals surface area (Å²) in [5, 5.41) is 2.91. The Bertz CT molecular complexity index is 352. The van der Waals surface area contributed by atoms with Crippen molar-refractivity contribution in [1.82, 2.24) is 10.2 Å². The molecule has 1 N–H and O–H groups in total. The fourth-order valence-electron chi connectivity index (χ4n) is 2.65. The number of carbonyl (C=O) groups excluding carboxylic acids is 2. The van der Waals surface area contributed by atoms with Crippen LogP contribution in [0.4, 0.5) is 0 Å². The molecule has 0 bridgehead atoms. The van der Waals surface area contributed by atoms with Gasteiger partial charge in [0.25, 0.3) is 0 Å². The third-order valence-electron chi connectivity index (χ3n) is 4.50. The van der Waals surface area contributed by atoms with E-state index >= 15 is 0 Å². The van der Waals surface area contributed by atoms with Crippen molar-refractivity contribution in [3.63, 3.8) is 0 Å². The van der Waals surface area contributed by atoms with E-state index in [0.717, 1.165) is 19.3 Å². The predicted molar refractivity (Wildman–Crippen MR) is 81.3 cm³/mol. The van der Waals surface area contributed by atoms with Gasteiger partial charge in [0.1, 0.15) is 11.6 Å². The maximum atomic E-state index is 12.7. The molecule has 0 spiro atoms. The number of carbonyl (C=O) groups is 2. The fraction of sp³-hybridized carbons (Fsp3) is 0.875. The van der Waals surface area contributed by atoms with Gasteiger partial charge in [-0.25, -0.2) is 0 Å². The van der Waals surface area contributed by atoms with E-state index in [4.69, 9.17) is 0 Å². The lowest BCUT2D eigenvalue weighted by molar-refractivity contribution is -0.156. The Morgan fingerprint density at radius 2 is 1.85 bits per heavy atom. The molecular formula is C16H30N2O2. The van der Waals surface area contributed by atoms with Gasteiger partial charge in [-0.2, -0.15) is 0 Å². The molecule has 0 radical (unpaired) electrons. The van der Waals surface area contributed by atoms with E-state index < -0.39 is 5.54 Å². The lowest BCUT2D eigenvalue weighted by Gasteiger charge is -2.45. The van der Waals surface area contributed by atoms with Gasteiger partial charge in [0.15, 0.2) is 0 Å². The number of unbranched alkanes of at least 4 members (excludes halogenated alkanes) is 3. The van der Waals surface area contributed by atoms with Gasteiger partial charge < -0.3 is 10.2 Å². The first kappa shape index (κ1) is 17.0. The third kappa shape index (κ3) is 3.53. The van der Waals surface area contributed by atoms with E-state index in [0.29, 0.717) is 6.54 Å². The molecule has 2 unspecified atom stereocenters. The summed E-state index contributed by atoms with van der Waals surface area (Å²) in [5.74, 6) is 0.235. The third-order valence-corrected chi connectivity index (χ3v) is 4.50. The van der Waals surface area contributed by atoms with Gasteiger partial charge in [-0.15, -0.1) is 0 Å². The number of nitrogens with zero attached hydrogens (tertiary/aromatic N) is 1. The minimum absolute atomic E-state index is 0.0297. The molecule has 1 saturated heterocycles. The molecule has 116 valence electrons. The van der Waals surface area contributed by atoms with Crippen molar-refractivity contribution in [2.45, 2.75) is 78.3 Å². The van der Waals surface area contributed by atoms with E-state index in [-0.39, 0.29) is 23.8 Å². The molecule has 0 aromatic heterocycles. The van der Waals surface area contributed by atoms with Crippen molar-refractivity contribution < 1.29 is 9.59 Å². The number of hydrogen-bond acceptors (Lipinski definition) is 2. The van der Waals surface area contributed by atoms with Crippen molar-refractivity contribution in [3.05, 3.63) is 0 Å². The maximum absolute atomic E-state index is 12.7. The first-order chi connectivity index (χ1) is 9.36. The van der Waals surface area contributed by atoms with Gasteiger partial charge in [-0.1, -0.05) is 46.5 Å². The van der Waals surface area contributed by atoms with E-state index in [1.54, 1.807) is 4.90 Å². The Morgan fingerprint density at radius 3 is 2.40 bits per heavy atom. The first-order valence-electron chi connectivity index (χ1n) is 7.98. The molecule has 4 nitrogen and oxygen atoms in total. The normalized spacial score (nSPS) is 23.6. The minimum Gasteiger partial charge on any atom is -0.342 e. The van der Waals surface area contributed by atoms with Crippen LogP contribution in [0.5, 0.6) is 0 Å². The predicted octanol–water partition coefficient (Wildman–Crippen LogP) is 2.72. The zero-order chi connectivity index (χ0) is 15.3. The molecule has 1 heterocycles. The summed E-state index contributed by atoms with van der Waals surface area (Å²) in [6.45, 7) is 10.6.